The van der Waals surface area contributed by atoms with E-state index in [0.717, 1.165) is 12.1 Å². The maximum atomic E-state index is 11.9. The van der Waals surface area contributed by atoms with Crippen LogP contribution in [0.1, 0.15) is 29.9 Å². The Morgan fingerprint density at radius 1 is 1.33 bits per heavy atom. The maximum absolute atomic E-state index is 11.9. The van der Waals surface area contributed by atoms with E-state index in [9.17, 15) is 4.79 Å². The summed E-state index contributed by atoms with van der Waals surface area (Å²) in [6.07, 6.45) is 2.84. The molecule has 1 aromatic heterocycles. The first-order valence-electron chi connectivity index (χ1n) is 6.77. The lowest BCUT2D eigenvalue weighted by atomic mass is 9.85. The number of nitrogens with two attached hydrogens (primary N) is 1. The second kappa shape index (κ2) is 5.40. The lowest BCUT2D eigenvalue weighted by Crippen LogP contribution is -2.17. The number of nitrogen functional groups attached to an aromatic ring is 1. The third kappa shape index (κ3) is 2.94. The van der Waals surface area contributed by atoms with Crippen molar-refractivity contribution in [2.75, 3.05) is 11.1 Å². The molecule has 1 aliphatic rings. The van der Waals surface area contributed by atoms with Crippen LogP contribution in [-0.2, 0) is 4.79 Å². The summed E-state index contributed by atoms with van der Waals surface area (Å²) in [6, 6.07) is 8.23. The van der Waals surface area contributed by atoms with Gasteiger partial charge in [0, 0.05) is 18.2 Å². The van der Waals surface area contributed by atoms with Gasteiger partial charge in [-0.3, -0.25) is 4.79 Å². The van der Waals surface area contributed by atoms with Crippen LogP contribution in [0.2, 0.25) is 0 Å². The van der Waals surface area contributed by atoms with Gasteiger partial charge in [-0.15, -0.1) is 0 Å². The SMILES string of the molecule is Cc1cccc([C@H]2CC(=O)C=C(Nc3nonc3N)C2)c1. The number of benzene rings is 1. The van der Waals surface area contributed by atoms with Crippen LogP contribution >= 0.6 is 0 Å². The van der Waals surface area contributed by atoms with Gasteiger partial charge in [0.2, 0.25) is 11.6 Å². The number of carbonyl (C=O) groups excluding carboxylic acids is 1. The normalized spacial score (nSPS) is 18.4. The number of hydrogen-bond acceptors (Lipinski definition) is 6. The fourth-order valence-electron chi connectivity index (χ4n) is 2.57. The summed E-state index contributed by atoms with van der Waals surface area (Å²) in [4.78, 5) is 11.9. The monoisotopic (exact) mass is 284 g/mol. The largest absolute Gasteiger partial charge is 0.378 e. The molecule has 3 N–H and O–H groups in total. The molecule has 1 heterocycles. The van der Waals surface area contributed by atoms with E-state index in [1.807, 2.05) is 19.1 Å². The van der Waals surface area contributed by atoms with Crippen LogP contribution in [0.25, 0.3) is 0 Å². The van der Waals surface area contributed by atoms with E-state index in [1.54, 1.807) is 6.08 Å². The molecule has 0 radical (unpaired) electrons. The van der Waals surface area contributed by atoms with Gasteiger partial charge in [-0.05, 0) is 35.1 Å². The van der Waals surface area contributed by atoms with Gasteiger partial charge in [-0.1, -0.05) is 29.8 Å². The molecule has 0 aliphatic heterocycles. The predicted octanol–water partition coefficient (Wildman–Crippen LogP) is 2.40. The first-order valence-corrected chi connectivity index (χ1v) is 6.77. The molecular formula is C15H16N4O2. The predicted molar refractivity (Wildman–Crippen MR) is 78.6 cm³/mol. The number of hydrogen-bond donors (Lipinski definition) is 2. The van der Waals surface area contributed by atoms with Crippen molar-refractivity contribution in [1.29, 1.82) is 0 Å². The van der Waals surface area contributed by atoms with Gasteiger partial charge in [0.1, 0.15) is 0 Å². The first-order chi connectivity index (χ1) is 10.1. The molecule has 6 heteroatoms. The summed E-state index contributed by atoms with van der Waals surface area (Å²) in [5.74, 6) is 0.774. The van der Waals surface area contributed by atoms with Crippen molar-refractivity contribution in [3.8, 4) is 0 Å². The molecule has 0 amide bonds. The van der Waals surface area contributed by atoms with Crippen molar-refractivity contribution in [3.63, 3.8) is 0 Å². The van der Waals surface area contributed by atoms with Gasteiger partial charge >= 0.3 is 0 Å². The average molecular weight is 284 g/mol. The van der Waals surface area contributed by atoms with E-state index in [1.165, 1.54) is 11.1 Å². The first kappa shape index (κ1) is 13.4. The zero-order chi connectivity index (χ0) is 14.8. The average Bonchev–Trinajstić information content (AvgIpc) is 2.84. The lowest BCUT2D eigenvalue weighted by molar-refractivity contribution is -0.115. The van der Waals surface area contributed by atoms with Crippen molar-refractivity contribution >= 4 is 17.4 Å². The zero-order valence-corrected chi connectivity index (χ0v) is 11.7. The quantitative estimate of drug-likeness (QED) is 0.898. The Labute approximate surface area is 122 Å². The summed E-state index contributed by atoms with van der Waals surface area (Å²) < 4.78 is 4.54. The number of carbonyl (C=O) groups is 1. The summed E-state index contributed by atoms with van der Waals surface area (Å²) in [5.41, 5.74) is 8.75. The van der Waals surface area contributed by atoms with Crippen LogP contribution < -0.4 is 11.1 Å². The molecule has 0 spiro atoms. The van der Waals surface area contributed by atoms with Gasteiger partial charge in [0.15, 0.2) is 5.78 Å². The molecule has 0 unspecified atom stereocenters. The van der Waals surface area contributed by atoms with Crippen LogP contribution in [-0.4, -0.2) is 16.1 Å². The second-order valence-corrected chi connectivity index (χ2v) is 5.28. The molecule has 3 rings (SSSR count). The Morgan fingerprint density at radius 3 is 2.90 bits per heavy atom. The van der Waals surface area contributed by atoms with Gasteiger partial charge < -0.3 is 11.1 Å². The highest BCUT2D eigenvalue weighted by molar-refractivity contribution is 5.92. The molecule has 0 saturated carbocycles. The molecule has 2 aromatic rings. The van der Waals surface area contributed by atoms with Crippen LogP contribution in [0.5, 0.6) is 0 Å². The smallest absolute Gasteiger partial charge is 0.219 e. The fraction of sp³-hybridized carbons (Fsp3) is 0.267. The summed E-state index contributed by atoms with van der Waals surface area (Å²) in [6.45, 7) is 2.05. The minimum absolute atomic E-state index is 0.0882. The lowest BCUT2D eigenvalue weighted by Gasteiger charge is -2.23. The highest BCUT2D eigenvalue weighted by Crippen LogP contribution is 2.32. The van der Waals surface area contributed by atoms with E-state index < -0.39 is 0 Å². The molecule has 108 valence electrons. The van der Waals surface area contributed by atoms with E-state index >= 15 is 0 Å². The number of ketones is 1. The highest BCUT2D eigenvalue weighted by Gasteiger charge is 2.23. The van der Waals surface area contributed by atoms with Crippen LogP contribution in [0.4, 0.5) is 11.6 Å². The van der Waals surface area contributed by atoms with E-state index in [-0.39, 0.29) is 17.5 Å². The Morgan fingerprint density at radius 2 is 2.19 bits per heavy atom. The molecule has 1 atom stereocenters. The van der Waals surface area contributed by atoms with Gasteiger partial charge in [-0.2, -0.15) is 0 Å². The summed E-state index contributed by atoms with van der Waals surface area (Å²) in [5, 5.41) is 10.2. The molecule has 1 aliphatic carbocycles. The summed E-state index contributed by atoms with van der Waals surface area (Å²) in [7, 11) is 0. The van der Waals surface area contributed by atoms with Crippen molar-refractivity contribution < 1.29 is 9.42 Å². The topological polar surface area (TPSA) is 94.0 Å². The standard InChI is InChI=1S/C15H16N4O2/c1-9-3-2-4-10(5-9)11-6-12(8-13(20)7-11)17-15-14(16)18-21-19-15/h2-5,8,11H,6-7H2,1H3,(H2,16,18)(H,17,19)/t11-/m1/s1. The number of allylic oxidation sites excluding steroid dienone is 2. The van der Waals surface area contributed by atoms with Crippen LogP contribution in [0, 0.1) is 6.92 Å². The Balaban J connectivity index is 1.80. The maximum Gasteiger partial charge on any atom is 0.219 e. The number of rotatable bonds is 3. The fourth-order valence-corrected chi connectivity index (χ4v) is 2.57. The Kier molecular flexibility index (Phi) is 3.43. The number of nitrogens with zero attached hydrogens (tertiary/aromatic N) is 2. The van der Waals surface area contributed by atoms with Gasteiger partial charge in [0.25, 0.3) is 0 Å². The van der Waals surface area contributed by atoms with E-state index in [0.29, 0.717) is 12.2 Å². The third-order valence-corrected chi connectivity index (χ3v) is 3.56. The van der Waals surface area contributed by atoms with E-state index in [4.69, 9.17) is 5.73 Å². The summed E-state index contributed by atoms with van der Waals surface area (Å²) >= 11 is 0. The molecule has 0 fully saturated rings. The molecular weight excluding hydrogens is 268 g/mol. The van der Waals surface area contributed by atoms with Crippen molar-refractivity contribution in [2.24, 2.45) is 0 Å². The molecule has 0 saturated heterocycles. The van der Waals surface area contributed by atoms with E-state index in [2.05, 4.69) is 32.4 Å². The molecule has 1 aromatic carbocycles. The molecule has 6 nitrogen and oxygen atoms in total. The van der Waals surface area contributed by atoms with Crippen LogP contribution in [0.15, 0.2) is 40.7 Å². The van der Waals surface area contributed by atoms with Gasteiger partial charge in [0.05, 0.1) is 0 Å². The molecule has 0 bridgehead atoms. The van der Waals surface area contributed by atoms with Gasteiger partial charge in [-0.25, -0.2) is 4.63 Å². The highest BCUT2D eigenvalue weighted by atomic mass is 16.6. The number of aromatic nitrogens is 2. The Hall–Kier alpha value is -2.63. The van der Waals surface area contributed by atoms with Crippen molar-refractivity contribution in [2.45, 2.75) is 25.7 Å². The van der Waals surface area contributed by atoms with Crippen LogP contribution in [0.3, 0.4) is 0 Å². The zero-order valence-electron chi connectivity index (χ0n) is 11.7. The number of aryl methyl sites for hydroxylation is 1. The minimum Gasteiger partial charge on any atom is -0.378 e. The second-order valence-electron chi connectivity index (χ2n) is 5.28. The minimum atomic E-state index is 0.0882. The number of anilines is 2. The Bertz CT molecular complexity index is 705. The molecule has 21 heavy (non-hydrogen) atoms. The number of nitrogens with one attached hydrogen (secondary N) is 1. The van der Waals surface area contributed by atoms with Crippen molar-refractivity contribution in [3.05, 3.63) is 47.2 Å². The third-order valence-electron chi connectivity index (χ3n) is 3.56. The van der Waals surface area contributed by atoms with Crippen molar-refractivity contribution in [1.82, 2.24) is 10.3 Å².